The first-order valence-corrected chi connectivity index (χ1v) is 9.23. The molecule has 1 amide bonds. The fraction of sp³-hybridized carbons (Fsp3) is 0.227. The Balaban J connectivity index is 1.48. The number of hydrogen-bond acceptors (Lipinski definition) is 3. The summed E-state index contributed by atoms with van der Waals surface area (Å²) in [4.78, 5) is 12.2. The smallest absolute Gasteiger partial charge is 0.260 e. The van der Waals surface area contributed by atoms with E-state index in [1.165, 1.54) is 0 Å². The van der Waals surface area contributed by atoms with Crippen molar-refractivity contribution in [2.24, 2.45) is 0 Å². The van der Waals surface area contributed by atoms with Gasteiger partial charge in [0.2, 0.25) is 0 Å². The van der Waals surface area contributed by atoms with Gasteiger partial charge >= 0.3 is 0 Å². The minimum Gasteiger partial charge on any atom is -0.491 e. The first-order valence-electron chi connectivity index (χ1n) is 8.85. The van der Waals surface area contributed by atoms with E-state index >= 15 is 0 Å². The predicted octanol–water partition coefficient (Wildman–Crippen LogP) is 4.76. The van der Waals surface area contributed by atoms with E-state index < -0.39 is 6.10 Å². The van der Waals surface area contributed by atoms with Crippen molar-refractivity contribution in [2.45, 2.75) is 20.0 Å². The number of rotatable bonds is 7. The molecule has 0 spiro atoms. The first kappa shape index (κ1) is 19.1. The zero-order chi connectivity index (χ0) is 19.2. The van der Waals surface area contributed by atoms with Crippen LogP contribution in [0.3, 0.4) is 0 Å². The van der Waals surface area contributed by atoms with Gasteiger partial charge in [-0.2, -0.15) is 0 Å². The fourth-order valence-corrected chi connectivity index (χ4v) is 2.87. The van der Waals surface area contributed by atoms with Gasteiger partial charge < -0.3 is 14.8 Å². The third-order valence-electron chi connectivity index (χ3n) is 4.22. The molecule has 0 unspecified atom stereocenters. The zero-order valence-electron chi connectivity index (χ0n) is 15.4. The van der Waals surface area contributed by atoms with Crippen LogP contribution in [0.1, 0.15) is 12.5 Å². The van der Waals surface area contributed by atoms with E-state index in [1.807, 2.05) is 55.5 Å². The Labute approximate surface area is 164 Å². The molecular weight excluding hydrogens is 362 g/mol. The van der Waals surface area contributed by atoms with Gasteiger partial charge in [-0.25, -0.2) is 0 Å². The molecule has 0 aliphatic heterocycles. The van der Waals surface area contributed by atoms with Crippen LogP contribution in [0.2, 0.25) is 5.02 Å². The second-order valence-electron chi connectivity index (χ2n) is 6.29. The maximum atomic E-state index is 12.2. The van der Waals surface area contributed by atoms with Crippen LogP contribution < -0.4 is 14.8 Å². The lowest BCUT2D eigenvalue weighted by molar-refractivity contribution is -0.127. The van der Waals surface area contributed by atoms with Crippen LogP contribution in [0.4, 0.5) is 0 Å². The highest BCUT2D eigenvalue weighted by molar-refractivity contribution is 6.31. The largest absolute Gasteiger partial charge is 0.491 e. The minimum atomic E-state index is -0.608. The summed E-state index contributed by atoms with van der Waals surface area (Å²) in [6.45, 7) is 4.39. The van der Waals surface area contributed by atoms with Gasteiger partial charge in [0.1, 0.15) is 18.1 Å². The number of fused-ring (bicyclic) bond motifs is 1. The topological polar surface area (TPSA) is 47.6 Å². The molecule has 140 valence electrons. The molecule has 0 saturated heterocycles. The minimum absolute atomic E-state index is 0.191. The van der Waals surface area contributed by atoms with Crippen molar-refractivity contribution in [3.05, 3.63) is 71.2 Å². The number of halogens is 1. The van der Waals surface area contributed by atoms with Gasteiger partial charge in [0.15, 0.2) is 6.10 Å². The molecule has 3 rings (SSSR count). The van der Waals surface area contributed by atoms with Crippen LogP contribution in [0.25, 0.3) is 10.8 Å². The van der Waals surface area contributed by atoms with Gasteiger partial charge in [0.05, 0.1) is 6.54 Å². The van der Waals surface area contributed by atoms with Crippen molar-refractivity contribution < 1.29 is 14.3 Å². The summed E-state index contributed by atoms with van der Waals surface area (Å²) in [6, 6.07) is 19.3. The molecule has 1 N–H and O–H groups in total. The van der Waals surface area contributed by atoms with Crippen LogP contribution in [0.5, 0.6) is 11.5 Å². The van der Waals surface area contributed by atoms with E-state index in [2.05, 4.69) is 5.32 Å². The molecule has 5 heteroatoms. The fourth-order valence-electron chi connectivity index (χ4n) is 2.75. The first-order chi connectivity index (χ1) is 13.0. The summed E-state index contributed by atoms with van der Waals surface area (Å²) >= 11 is 6.00. The van der Waals surface area contributed by atoms with E-state index in [-0.39, 0.29) is 5.91 Å². The second-order valence-corrected chi connectivity index (χ2v) is 6.70. The molecule has 3 aromatic carbocycles. The number of nitrogens with one attached hydrogen (secondary N) is 1. The molecule has 1 atom stereocenters. The van der Waals surface area contributed by atoms with Crippen LogP contribution in [-0.2, 0) is 4.79 Å². The predicted molar refractivity (Wildman–Crippen MR) is 109 cm³/mol. The molecule has 3 aromatic rings. The van der Waals surface area contributed by atoms with Gasteiger partial charge in [-0.05, 0) is 49.1 Å². The van der Waals surface area contributed by atoms with E-state index in [9.17, 15) is 4.79 Å². The quantitative estimate of drug-likeness (QED) is 0.598. The average molecular weight is 384 g/mol. The van der Waals surface area contributed by atoms with E-state index in [0.717, 1.165) is 22.1 Å². The third-order valence-corrected chi connectivity index (χ3v) is 4.64. The average Bonchev–Trinajstić information content (AvgIpc) is 2.68. The Kier molecular flexibility index (Phi) is 6.20. The Morgan fingerprint density at radius 1 is 1.11 bits per heavy atom. The molecule has 0 aliphatic rings. The van der Waals surface area contributed by atoms with Crippen molar-refractivity contribution >= 4 is 28.3 Å². The van der Waals surface area contributed by atoms with Crippen LogP contribution in [0, 0.1) is 6.92 Å². The Morgan fingerprint density at radius 2 is 1.89 bits per heavy atom. The van der Waals surface area contributed by atoms with Gasteiger partial charge in [-0.3, -0.25) is 4.79 Å². The summed E-state index contributed by atoms with van der Waals surface area (Å²) in [5, 5.41) is 5.68. The Hall–Kier alpha value is -2.72. The van der Waals surface area contributed by atoms with Gasteiger partial charge in [-0.1, -0.05) is 48.0 Å². The number of amides is 1. The number of aryl methyl sites for hydroxylation is 1. The van der Waals surface area contributed by atoms with Crippen LogP contribution in [-0.4, -0.2) is 25.2 Å². The molecule has 0 aliphatic carbocycles. The van der Waals surface area contributed by atoms with Crippen molar-refractivity contribution in [1.82, 2.24) is 5.32 Å². The zero-order valence-corrected chi connectivity index (χ0v) is 16.1. The van der Waals surface area contributed by atoms with Crippen molar-refractivity contribution in [3.63, 3.8) is 0 Å². The number of benzene rings is 3. The number of ether oxygens (including phenoxy) is 2. The second kappa shape index (κ2) is 8.78. The maximum Gasteiger partial charge on any atom is 0.260 e. The number of carbonyl (C=O) groups is 1. The normalized spacial score (nSPS) is 11.8. The lowest BCUT2D eigenvalue weighted by Crippen LogP contribution is -2.38. The van der Waals surface area contributed by atoms with Gasteiger partial charge in [0, 0.05) is 10.4 Å². The van der Waals surface area contributed by atoms with E-state index in [1.54, 1.807) is 19.1 Å². The monoisotopic (exact) mass is 383 g/mol. The van der Waals surface area contributed by atoms with E-state index in [4.69, 9.17) is 21.1 Å². The SMILES string of the molecule is Cc1cc(O[C@H](C)C(=O)NCCOc2cccc3ccccc23)ccc1Cl. The van der Waals surface area contributed by atoms with Gasteiger partial charge in [-0.15, -0.1) is 0 Å². The molecule has 0 radical (unpaired) electrons. The Morgan fingerprint density at radius 3 is 2.70 bits per heavy atom. The summed E-state index contributed by atoms with van der Waals surface area (Å²) in [5.74, 6) is 1.24. The summed E-state index contributed by atoms with van der Waals surface area (Å²) in [7, 11) is 0. The lowest BCUT2D eigenvalue weighted by atomic mass is 10.1. The van der Waals surface area contributed by atoms with E-state index in [0.29, 0.717) is 23.9 Å². The summed E-state index contributed by atoms with van der Waals surface area (Å²) < 4.78 is 11.5. The summed E-state index contributed by atoms with van der Waals surface area (Å²) in [6.07, 6.45) is -0.608. The maximum absolute atomic E-state index is 12.2. The third kappa shape index (κ3) is 4.92. The van der Waals surface area contributed by atoms with Crippen LogP contribution >= 0.6 is 11.6 Å². The lowest BCUT2D eigenvalue weighted by Gasteiger charge is -2.16. The van der Waals surface area contributed by atoms with Crippen molar-refractivity contribution in [3.8, 4) is 11.5 Å². The molecule has 4 nitrogen and oxygen atoms in total. The highest BCUT2D eigenvalue weighted by Gasteiger charge is 2.14. The van der Waals surface area contributed by atoms with Crippen molar-refractivity contribution in [1.29, 1.82) is 0 Å². The van der Waals surface area contributed by atoms with Gasteiger partial charge in [0.25, 0.3) is 5.91 Å². The Bertz CT molecular complexity index is 936. The summed E-state index contributed by atoms with van der Waals surface area (Å²) in [5.41, 5.74) is 0.908. The molecule has 0 fully saturated rings. The molecule has 27 heavy (non-hydrogen) atoms. The highest BCUT2D eigenvalue weighted by Crippen LogP contribution is 2.25. The van der Waals surface area contributed by atoms with Crippen molar-refractivity contribution in [2.75, 3.05) is 13.2 Å². The number of hydrogen-bond donors (Lipinski definition) is 1. The van der Waals surface area contributed by atoms with Crippen LogP contribution in [0.15, 0.2) is 60.7 Å². The molecule has 0 heterocycles. The molecule has 0 bridgehead atoms. The molecule has 0 aromatic heterocycles. The molecule has 0 saturated carbocycles. The highest BCUT2D eigenvalue weighted by atomic mass is 35.5. The standard InChI is InChI=1S/C22H22ClNO3/c1-15-14-18(10-11-20(15)23)27-16(2)22(25)24-12-13-26-21-9-5-7-17-6-3-4-8-19(17)21/h3-11,14,16H,12-13H2,1-2H3,(H,24,25)/t16-/m1/s1. The number of carbonyl (C=O) groups excluding carboxylic acids is 1. The molecular formula is C22H22ClNO3.